The Morgan fingerprint density at radius 1 is 1.55 bits per heavy atom. The molecule has 1 atom stereocenters. The quantitative estimate of drug-likeness (QED) is 0.728. The molecule has 0 saturated heterocycles. The van der Waals surface area contributed by atoms with E-state index in [1.54, 1.807) is 27.1 Å². The van der Waals surface area contributed by atoms with Crippen LogP contribution in [0.3, 0.4) is 0 Å². The van der Waals surface area contributed by atoms with Gasteiger partial charge in [-0.3, -0.25) is 10.1 Å². The van der Waals surface area contributed by atoms with Gasteiger partial charge in [-0.15, -0.1) is 0 Å². The second-order valence-electron chi connectivity index (χ2n) is 5.41. The van der Waals surface area contributed by atoms with Crippen LogP contribution in [0.2, 0.25) is 0 Å². The van der Waals surface area contributed by atoms with E-state index in [9.17, 15) is 14.7 Å². The van der Waals surface area contributed by atoms with Crippen LogP contribution in [-0.4, -0.2) is 50.0 Å². The zero-order chi connectivity index (χ0) is 14.9. The number of aliphatic carboxylic acids is 1. The molecule has 3 N–H and O–H groups in total. The molecule has 1 unspecified atom stereocenters. The Balaban J connectivity index is 2.17. The van der Waals surface area contributed by atoms with Crippen molar-refractivity contribution in [3.05, 3.63) is 17.7 Å². The third kappa shape index (κ3) is 2.40. The molecule has 0 spiro atoms. The van der Waals surface area contributed by atoms with Gasteiger partial charge in [-0.05, 0) is 20.8 Å². The number of carboxylic acid groups (broad SMARTS) is 1. The minimum absolute atomic E-state index is 0.200. The highest BCUT2D eigenvalue weighted by atomic mass is 16.4. The van der Waals surface area contributed by atoms with E-state index < -0.39 is 17.6 Å². The SMILES string of the molecule is CCN(C(=O)C1Cc2nc[nH]c2CN1)C(C)(C)C(=O)O. The Morgan fingerprint density at radius 3 is 2.85 bits per heavy atom. The van der Waals surface area contributed by atoms with Crippen LogP contribution in [0.15, 0.2) is 6.33 Å². The van der Waals surface area contributed by atoms with Crippen molar-refractivity contribution in [2.24, 2.45) is 0 Å². The van der Waals surface area contributed by atoms with Crippen LogP contribution in [0.1, 0.15) is 32.2 Å². The van der Waals surface area contributed by atoms with Crippen LogP contribution >= 0.6 is 0 Å². The van der Waals surface area contributed by atoms with Gasteiger partial charge >= 0.3 is 5.97 Å². The molecule has 2 rings (SSSR count). The van der Waals surface area contributed by atoms with Gasteiger partial charge in [0.05, 0.1) is 23.8 Å². The summed E-state index contributed by atoms with van der Waals surface area (Å²) >= 11 is 0. The molecule has 0 radical (unpaired) electrons. The molecular weight excluding hydrogens is 260 g/mol. The summed E-state index contributed by atoms with van der Waals surface area (Å²) in [6, 6.07) is -0.427. The second kappa shape index (κ2) is 5.24. The molecule has 7 heteroatoms. The highest BCUT2D eigenvalue weighted by Gasteiger charge is 2.40. The number of aromatic nitrogens is 2. The normalized spacial score (nSPS) is 18.4. The van der Waals surface area contributed by atoms with E-state index in [0.29, 0.717) is 19.5 Å². The molecule has 110 valence electrons. The van der Waals surface area contributed by atoms with E-state index in [1.807, 2.05) is 0 Å². The Labute approximate surface area is 117 Å². The molecule has 2 heterocycles. The first-order valence-electron chi connectivity index (χ1n) is 6.67. The van der Waals surface area contributed by atoms with Gasteiger partial charge in [0.2, 0.25) is 5.91 Å². The first-order valence-corrected chi connectivity index (χ1v) is 6.67. The van der Waals surface area contributed by atoms with Crippen LogP contribution in [-0.2, 0) is 22.6 Å². The van der Waals surface area contributed by atoms with Crippen LogP contribution in [0.5, 0.6) is 0 Å². The molecular formula is C13H20N4O3. The van der Waals surface area contributed by atoms with Crippen molar-refractivity contribution in [3.8, 4) is 0 Å². The maximum absolute atomic E-state index is 12.6. The van der Waals surface area contributed by atoms with Crippen LogP contribution in [0.4, 0.5) is 0 Å². The molecule has 0 aliphatic carbocycles. The van der Waals surface area contributed by atoms with E-state index >= 15 is 0 Å². The van der Waals surface area contributed by atoms with Crippen molar-refractivity contribution < 1.29 is 14.7 Å². The molecule has 0 aromatic carbocycles. The third-order valence-corrected chi connectivity index (χ3v) is 3.81. The Morgan fingerprint density at radius 2 is 2.25 bits per heavy atom. The lowest BCUT2D eigenvalue weighted by Crippen LogP contribution is -2.59. The van der Waals surface area contributed by atoms with E-state index in [2.05, 4.69) is 15.3 Å². The second-order valence-corrected chi connectivity index (χ2v) is 5.41. The molecule has 1 aliphatic heterocycles. The van der Waals surface area contributed by atoms with Gasteiger partial charge in [-0.1, -0.05) is 0 Å². The zero-order valence-corrected chi connectivity index (χ0v) is 11.9. The van der Waals surface area contributed by atoms with Gasteiger partial charge in [0, 0.05) is 19.5 Å². The molecule has 0 bridgehead atoms. The van der Waals surface area contributed by atoms with E-state index in [0.717, 1.165) is 11.4 Å². The van der Waals surface area contributed by atoms with E-state index in [4.69, 9.17) is 0 Å². The maximum atomic E-state index is 12.6. The number of aromatic amines is 1. The van der Waals surface area contributed by atoms with Gasteiger partial charge in [-0.25, -0.2) is 9.78 Å². The summed E-state index contributed by atoms with van der Waals surface area (Å²) in [6.07, 6.45) is 2.09. The molecule has 7 nitrogen and oxygen atoms in total. The molecule has 1 aliphatic rings. The highest BCUT2D eigenvalue weighted by Crippen LogP contribution is 2.19. The maximum Gasteiger partial charge on any atom is 0.329 e. The predicted octanol–water partition coefficient (Wildman–Crippen LogP) is 0.136. The standard InChI is InChI=1S/C13H20N4O3/c1-4-17(13(2,3)12(19)20)11(18)9-5-8-10(6-14-9)16-7-15-8/h7,9,14H,4-6H2,1-3H3,(H,15,16)(H,19,20). The van der Waals surface area contributed by atoms with E-state index in [-0.39, 0.29) is 5.91 Å². The highest BCUT2D eigenvalue weighted by molar-refractivity contribution is 5.89. The fourth-order valence-electron chi connectivity index (χ4n) is 2.47. The number of carboxylic acids is 1. The average molecular weight is 280 g/mol. The van der Waals surface area contributed by atoms with Gasteiger partial charge < -0.3 is 15.0 Å². The van der Waals surface area contributed by atoms with E-state index in [1.165, 1.54) is 4.90 Å². The van der Waals surface area contributed by atoms with Crippen LogP contribution in [0, 0.1) is 0 Å². The Bertz CT molecular complexity index is 523. The molecule has 0 saturated carbocycles. The van der Waals surface area contributed by atoms with Crippen LogP contribution in [0.25, 0.3) is 0 Å². The molecule has 20 heavy (non-hydrogen) atoms. The number of imidazole rings is 1. The smallest absolute Gasteiger partial charge is 0.329 e. The number of rotatable bonds is 4. The number of carbonyl (C=O) groups excluding carboxylic acids is 1. The third-order valence-electron chi connectivity index (χ3n) is 3.81. The van der Waals surface area contributed by atoms with Crippen molar-refractivity contribution in [2.45, 2.75) is 45.3 Å². The average Bonchev–Trinajstić information content (AvgIpc) is 2.85. The number of amides is 1. The molecule has 1 amide bonds. The van der Waals surface area contributed by atoms with Crippen molar-refractivity contribution in [2.75, 3.05) is 6.54 Å². The number of carbonyl (C=O) groups is 2. The fourth-order valence-corrected chi connectivity index (χ4v) is 2.47. The van der Waals surface area contributed by atoms with Gasteiger partial charge in [-0.2, -0.15) is 0 Å². The lowest BCUT2D eigenvalue weighted by Gasteiger charge is -2.37. The largest absolute Gasteiger partial charge is 0.480 e. The van der Waals surface area contributed by atoms with Gasteiger partial charge in [0.15, 0.2) is 0 Å². The number of hydrogen-bond donors (Lipinski definition) is 3. The van der Waals surface area contributed by atoms with Gasteiger partial charge in [0.25, 0.3) is 0 Å². The summed E-state index contributed by atoms with van der Waals surface area (Å²) in [4.78, 5) is 32.5. The minimum atomic E-state index is -1.22. The summed E-state index contributed by atoms with van der Waals surface area (Å²) in [5.41, 5.74) is 0.625. The summed E-state index contributed by atoms with van der Waals surface area (Å²) in [6.45, 7) is 5.75. The number of H-pyrrole nitrogens is 1. The molecule has 1 aromatic heterocycles. The topological polar surface area (TPSA) is 98.3 Å². The monoisotopic (exact) mass is 280 g/mol. The van der Waals surface area contributed by atoms with Crippen molar-refractivity contribution in [1.82, 2.24) is 20.2 Å². The number of likely N-dealkylation sites (N-methyl/N-ethyl adjacent to an activating group) is 1. The Hall–Kier alpha value is -1.89. The first-order chi connectivity index (χ1) is 9.37. The number of fused-ring (bicyclic) bond motifs is 1. The zero-order valence-electron chi connectivity index (χ0n) is 11.9. The van der Waals surface area contributed by atoms with Crippen LogP contribution < -0.4 is 5.32 Å². The predicted molar refractivity (Wildman–Crippen MR) is 72.0 cm³/mol. The summed E-state index contributed by atoms with van der Waals surface area (Å²) in [5, 5.41) is 12.4. The minimum Gasteiger partial charge on any atom is -0.480 e. The molecule has 1 aromatic rings. The van der Waals surface area contributed by atoms with Gasteiger partial charge in [0.1, 0.15) is 5.54 Å². The number of nitrogens with one attached hydrogen (secondary N) is 2. The van der Waals surface area contributed by atoms with Crippen molar-refractivity contribution in [3.63, 3.8) is 0 Å². The first kappa shape index (κ1) is 14.5. The lowest BCUT2D eigenvalue weighted by atomic mass is 9.98. The lowest BCUT2D eigenvalue weighted by molar-refractivity contribution is -0.157. The summed E-state index contributed by atoms with van der Waals surface area (Å²) in [5.74, 6) is -1.21. The Kier molecular flexibility index (Phi) is 3.80. The van der Waals surface area contributed by atoms with Crippen molar-refractivity contribution in [1.29, 1.82) is 0 Å². The number of hydrogen-bond acceptors (Lipinski definition) is 4. The number of nitrogens with zero attached hydrogens (tertiary/aromatic N) is 2. The van der Waals surface area contributed by atoms with Crippen molar-refractivity contribution >= 4 is 11.9 Å². The summed E-state index contributed by atoms with van der Waals surface area (Å²) < 4.78 is 0. The summed E-state index contributed by atoms with van der Waals surface area (Å²) in [7, 11) is 0. The fraction of sp³-hybridized carbons (Fsp3) is 0.615. The molecule has 0 fully saturated rings.